The van der Waals surface area contributed by atoms with Gasteiger partial charge in [-0.15, -0.1) is 5.10 Å². The molecule has 7 nitrogen and oxygen atoms in total. The van der Waals surface area contributed by atoms with Gasteiger partial charge in [-0.05, 0) is 110 Å². The van der Waals surface area contributed by atoms with Crippen molar-refractivity contribution in [2.75, 3.05) is 6.61 Å². The van der Waals surface area contributed by atoms with E-state index < -0.39 is 42.6 Å². The molecule has 3 aliphatic heterocycles. The zero-order valence-electron chi connectivity index (χ0n) is 24.3. The van der Waals surface area contributed by atoms with E-state index in [9.17, 15) is 0 Å². The second-order valence-corrected chi connectivity index (χ2v) is 12.8. The monoisotopic (exact) mass is 526 g/mol. The van der Waals surface area contributed by atoms with Gasteiger partial charge in [0, 0.05) is 6.61 Å². The van der Waals surface area contributed by atoms with Crippen molar-refractivity contribution in [3.8, 4) is 0 Å². The highest BCUT2D eigenvalue weighted by molar-refractivity contribution is 6.74. The molecule has 1 atom stereocenters. The van der Waals surface area contributed by atoms with Crippen molar-refractivity contribution in [2.24, 2.45) is 0 Å². The SMILES string of the molecule is CC/C(B1OC(C)(C)C(C)(C)O1)=C(/B1OC(C)(C)C(C)(C)O1)c1ccc2c(c1)c(F)nn2C1CCCCO1. The van der Waals surface area contributed by atoms with E-state index >= 15 is 4.39 Å². The number of allylic oxidation sites excluding steroid dienone is 1. The second-order valence-electron chi connectivity index (χ2n) is 12.8. The van der Waals surface area contributed by atoms with Gasteiger partial charge in [0.25, 0.3) is 0 Å². The van der Waals surface area contributed by atoms with Gasteiger partial charge >= 0.3 is 14.2 Å². The van der Waals surface area contributed by atoms with Crippen molar-refractivity contribution in [1.29, 1.82) is 0 Å². The van der Waals surface area contributed by atoms with Crippen LogP contribution in [-0.4, -0.2) is 53.0 Å². The van der Waals surface area contributed by atoms with Gasteiger partial charge in [0.15, 0.2) is 6.23 Å². The molecule has 0 bridgehead atoms. The average molecular weight is 526 g/mol. The summed E-state index contributed by atoms with van der Waals surface area (Å²) in [5.41, 5.74) is 1.14. The van der Waals surface area contributed by atoms with Crippen molar-refractivity contribution < 1.29 is 27.7 Å². The lowest BCUT2D eigenvalue weighted by Crippen LogP contribution is -2.41. The fraction of sp³-hybridized carbons (Fsp3) is 0.679. The summed E-state index contributed by atoms with van der Waals surface area (Å²) in [5, 5.41) is 4.68. The summed E-state index contributed by atoms with van der Waals surface area (Å²) in [6, 6.07) is 5.75. The molecular formula is C28H41B2FN2O5. The predicted octanol–water partition coefficient (Wildman–Crippen LogP) is 6.30. The highest BCUT2D eigenvalue weighted by atomic mass is 19.1. The van der Waals surface area contributed by atoms with Crippen LogP contribution >= 0.6 is 0 Å². The smallest absolute Gasteiger partial charge is 0.400 e. The van der Waals surface area contributed by atoms with E-state index in [1.807, 2.05) is 73.6 Å². The molecule has 1 unspecified atom stereocenters. The third kappa shape index (κ3) is 4.56. The molecule has 2 aromatic rings. The second kappa shape index (κ2) is 9.44. The molecule has 0 aliphatic carbocycles. The van der Waals surface area contributed by atoms with Crippen LogP contribution in [-0.2, 0) is 23.4 Å². The number of rotatable bonds is 5. The first kappa shape index (κ1) is 27.8. The largest absolute Gasteiger partial charge is 0.494 e. The zero-order chi connectivity index (χ0) is 27.7. The summed E-state index contributed by atoms with van der Waals surface area (Å²) in [5.74, 6) is -0.516. The van der Waals surface area contributed by atoms with Crippen LogP contribution in [0.25, 0.3) is 16.4 Å². The highest BCUT2D eigenvalue weighted by Gasteiger charge is 2.56. The van der Waals surface area contributed by atoms with Crippen LogP contribution in [0.15, 0.2) is 23.7 Å². The normalized spacial score (nSPS) is 26.7. The summed E-state index contributed by atoms with van der Waals surface area (Å²) in [6.07, 6.45) is 3.26. The molecule has 3 aliphatic rings. The Kier molecular flexibility index (Phi) is 6.92. The van der Waals surface area contributed by atoms with Gasteiger partial charge in [0.05, 0.1) is 33.3 Å². The zero-order valence-corrected chi connectivity index (χ0v) is 24.3. The molecule has 206 valence electrons. The first-order chi connectivity index (χ1) is 17.7. The van der Waals surface area contributed by atoms with Gasteiger partial charge in [-0.1, -0.05) is 13.0 Å². The molecule has 3 saturated heterocycles. The van der Waals surface area contributed by atoms with Gasteiger partial charge in [-0.3, -0.25) is 0 Å². The maximum atomic E-state index is 15.3. The van der Waals surface area contributed by atoms with Crippen molar-refractivity contribution in [3.63, 3.8) is 0 Å². The van der Waals surface area contributed by atoms with E-state index in [2.05, 4.69) is 12.0 Å². The van der Waals surface area contributed by atoms with Gasteiger partial charge in [-0.2, -0.15) is 4.39 Å². The van der Waals surface area contributed by atoms with E-state index in [0.29, 0.717) is 23.9 Å². The highest BCUT2D eigenvalue weighted by Crippen LogP contribution is 2.45. The molecule has 0 saturated carbocycles. The van der Waals surface area contributed by atoms with Crippen LogP contribution in [0.4, 0.5) is 4.39 Å². The van der Waals surface area contributed by atoms with Crippen molar-refractivity contribution in [1.82, 2.24) is 9.78 Å². The topological polar surface area (TPSA) is 64.0 Å². The molecule has 3 fully saturated rings. The fourth-order valence-electron chi connectivity index (χ4n) is 5.31. The molecule has 1 aromatic carbocycles. The fourth-order valence-corrected chi connectivity index (χ4v) is 5.31. The van der Waals surface area contributed by atoms with E-state index in [1.165, 1.54) is 0 Å². The number of benzene rings is 1. The predicted molar refractivity (Wildman–Crippen MR) is 148 cm³/mol. The number of aromatic nitrogens is 2. The van der Waals surface area contributed by atoms with E-state index in [0.717, 1.165) is 35.8 Å². The Morgan fingerprint density at radius 1 is 0.921 bits per heavy atom. The van der Waals surface area contributed by atoms with E-state index in [-0.39, 0.29) is 6.23 Å². The number of hydrogen-bond donors (Lipinski definition) is 0. The Labute approximate surface area is 226 Å². The minimum Gasteiger partial charge on any atom is -0.400 e. The molecule has 0 N–H and O–H groups in total. The maximum Gasteiger partial charge on any atom is 0.494 e. The molecular weight excluding hydrogens is 485 g/mol. The number of nitrogens with zero attached hydrogens (tertiary/aromatic N) is 2. The third-order valence-corrected chi connectivity index (χ3v) is 9.15. The average Bonchev–Trinajstić information content (AvgIpc) is 3.36. The van der Waals surface area contributed by atoms with Gasteiger partial charge < -0.3 is 23.4 Å². The van der Waals surface area contributed by atoms with Crippen LogP contribution in [0.5, 0.6) is 0 Å². The van der Waals surface area contributed by atoms with E-state index in [4.69, 9.17) is 23.4 Å². The van der Waals surface area contributed by atoms with Crippen LogP contribution < -0.4 is 0 Å². The standard InChI is InChI=1S/C28H41B2FN2O5/c1-10-20(29-35-25(2,3)26(4,5)36-29)23(30-37-27(6,7)28(8,9)38-30)18-14-15-21-19(17-18)24(31)32-33(21)22-13-11-12-16-34-22/h14-15,17,22H,10-13,16H2,1-9H3/b23-20-. The summed E-state index contributed by atoms with van der Waals surface area (Å²) < 4.78 is 48.9. The molecule has 0 spiro atoms. The minimum atomic E-state index is -0.675. The van der Waals surface area contributed by atoms with Crippen LogP contribution in [0, 0.1) is 5.95 Å². The number of ether oxygens (including phenoxy) is 1. The first-order valence-electron chi connectivity index (χ1n) is 13.9. The Bertz CT molecular complexity index is 1220. The number of hydrogen-bond acceptors (Lipinski definition) is 6. The molecule has 0 radical (unpaired) electrons. The Balaban J connectivity index is 1.64. The molecule has 38 heavy (non-hydrogen) atoms. The molecule has 0 amide bonds. The van der Waals surface area contributed by atoms with Crippen LogP contribution in [0.1, 0.15) is 99.8 Å². The number of fused-ring (bicyclic) bond motifs is 1. The Hall–Kier alpha value is -1.71. The van der Waals surface area contributed by atoms with Crippen molar-refractivity contribution in [3.05, 3.63) is 35.2 Å². The lowest BCUT2D eigenvalue weighted by atomic mass is 9.61. The quantitative estimate of drug-likeness (QED) is 0.427. The Morgan fingerprint density at radius 3 is 2.03 bits per heavy atom. The lowest BCUT2D eigenvalue weighted by Gasteiger charge is -2.32. The first-order valence-corrected chi connectivity index (χ1v) is 13.9. The molecule has 10 heteroatoms. The van der Waals surface area contributed by atoms with Gasteiger partial charge in [0.2, 0.25) is 5.95 Å². The maximum absolute atomic E-state index is 15.3. The van der Waals surface area contributed by atoms with Crippen molar-refractivity contribution in [2.45, 2.75) is 117 Å². The van der Waals surface area contributed by atoms with Crippen LogP contribution in [0.3, 0.4) is 0 Å². The van der Waals surface area contributed by atoms with Gasteiger partial charge in [-0.25, -0.2) is 4.68 Å². The van der Waals surface area contributed by atoms with E-state index in [1.54, 1.807) is 4.68 Å². The summed E-state index contributed by atoms with van der Waals surface area (Å²) >= 11 is 0. The summed E-state index contributed by atoms with van der Waals surface area (Å²) in [7, 11) is -1.26. The molecule has 4 heterocycles. The lowest BCUT2D eigenvalue weighted by molar-refractivity contribution is -0.0375. The van der Waals surface area contributed by atoms with Crippen molar-refractivity contribution >= 4 is 30.6 Å². The van der Waals surface area contributed by atoms with Crippen LogP contribution in [0.2, 0.25) is 0 Å². The van der Waals surface area contributed by atoms with Gasteiger partial charge in [0.1, 0.15) is 0 Å². The molecule has 5 rings (SSSR count). The minimum absolute atomic E-state index is 0.254. The molecule has 1 aromatic heterocycles. The Morgan fingerprint density at radius 2 is 1.50 bits per heavy atom. The summed E-state index contributed by atoms with van der Waals surface area (Å²) in [6.45, 7) is 19.0. The number of halogens is 1. The summed E-state index contributed by atoms with van der Waals surface area (Å²) in [4.78, 5) is 0. The third-order valence-electron chi connectivity index (χ3n) is 9.15.